The smallest absolute Gasteiger partial charge is 0.310 e. The predicted octanol–water partition coefficient (Wildman–Crippen LogP) is 2.01. The lowest BCUT2D eigenvalue weighted by Crippen LogP contribution is -2.36. The normalized spacial score (nSPS) is 33.0. The highest BCUT2D eigenvalue weighted by atomic mass is 16.6. The minimum Gasteiger partial charge on any atom is -0.497 e. The number of benzene rings is 1. The summed E-state index contributed by atoms with van der Waals surface area (Å²) in [5.41, 5.74) is 0.453. The first kappa shape index (κ1) is 16.1. The summed E-state index contributed by atoms with van der Waals surface area (Å²) >= 11 is 0. The molecule has 2 aliphatic carbocycles. The Morgan fingerprint density at radius 3 is 2.60 bits per heavy atom. The minimum atomic E-state index is -0.895. The second-order valence-corrected chi connectivity index (χ2v) is 7.09. The first-order valence-electron chi connectivity index (χ1n) is 8.59. The molecular weight excluding hydrogens is 324 g/mol. The number of ether oxygens (including phenoxy) is 3. The van der Waals surface area contributed by atoms with Crippen LogP contribution in [0, 0.1) is 23.7 Å². The molecule has 3 aliphatic rings. The van der Waals surface area contributed by atoms with Crippen molar-refractivity contribution in [2.45, 2.75) is 32.0 Å². The third-order valence-corrected chi connectivity index (χ3v) is 5.79. The van der Waals surface area contributed by atoms with E-state index < -0.39 is 18.0 Å². The number of ketones is 1. The van der Waals surface area contributed by atoms with E-state index in [1.807, 2.05) is 0 Å². The Hall–Kier alpha value is -2.37. The molecule has 1 aromatic rings. The summed E-state index contributed by atoms with van der Waals surface area (Å²) in [6.45, 7) is 1.56. The number of fused-ring (bicyclic) bond motifs is 1. The summed E-state index contributed by atoms with van der Waals surface area (Å²) < 4.78 is 15.8. The third kappa shape index (κ3) is 2.51. The Morgan fingerprint density at radius 1 is 1.20 bits per heavy atom. The lowest BCUT2D eigenvalue weighted by atomic mass is 9.80. The zero-order valence-corrected chi connectivity index (χ0v) is 14.1. The molecule has 0 spiro atoms. The van der Waals surface area contributed by atoms with Gasteiger partial charge >= 0.3 is 11.9 Å². The molecular formula is C19H20O6. The van der Waals surface area contributed by atoms with Crippen LogP contribution < -0.4 is 4.74 Å². The van der Waals surface area contributed by atoms with Gasteiger partial charge in [0, 0.05) is 11.5 Å². The molecule has 4 rings (SSSR count). The van der Waals surface area contributed by atoms with Crippen molar-refractivity contribution >= 4 is 17.7 Å². The lowest BCUT2D eigenvalue weighted by molar-refractivity contribution is -0.157. The van der Waals surface area contributed by atoms with Crippen LogP contribution in [0.3, 0.4) is 0 Å². The molecule has 1 heterocycles. The van der Waals surface area contributed by atoms with Crippen LogP contribution in [0.4, 0.5) is 0 Å². The number of carbonyl (C=O) groups excluding carboxylic acids is 3. The molecule has 1 aromatic carbocycles. The van der Waals surface area contributed by atoms with Crippen molar-refractivity contribution in [3.05, 3.63) is 29.8 Å². The number of carbonyl (C=O) groups is 3. The second-order valence-electron chi connectivity index (χ2n) is 7.09. The van der Waals surface area contributed by atoms with Gasteiger partial charge in [0.1, 0.15) is 11.9 Å². The molecule has 0 unspecified atom stereocenters. The summed E-state index contributed by atoms with van der Waals surface area (Å²) in [6.07, 6.45) is 0.646. The van der Waals surface area contributed by atoms with E-state index in [1.54, 1.807) is 38.3 Å². The van der Waals surface area contributed by atoms with Gasteiger partial charge in [0.05, 0.1) is 18.9 Å². The molecule has 2 bridgehead atoms. The van der Waals surface area contributed by atoms with Crippen molar-refractivity contribution in [2.75, 3.05) is 7.11 Å². The van der Waals surface area contributed by atoms with Crippen LogP contribution in [-0.2, 0) is 19.1 Å². The second kappa shape index (κ2) is 5.86. The van der Waals surface area contributed by atoms with E-state index in [-0.39, 0.29) is 35.6 Å². The molecule has 2 saturated carbocycles. The lowest BCUT2D eigenvalue weighted by Gasteiger charge is -2.24. The van der Waals surface area contributed by atoms with Gasteiger partial charge in [0.25, 0.3) is 0 Å². The Bertz CT molecular complexity index is 722. The molecule has 1 saturated heterocycles. The van der Waals surface area contributed by atoms with E-state index in [9.17, 15) is 14.4 Å². The number of rotatable bonds is 5. The molecule has 6 nitrogen and oxygen atoms in total. The largest absolute Gasteiger partial charge is 0.497 e. The van der Waals surface area contributed by atoms with Gasteiger partial charge in [-0.15, -0.1) is 0 Å². The van der Waals surface area contributed by atoms with Gasteiger partial charge in [-0.2, -0.15) is 0 Å². The highest BCUT2D eigenvalue weighted by Gasteiger charge is 2.64. The van der Waals surface area contributed by atoms with E-state index >= 15 is 0 Å². The minimum absolute atomic E-state index is 0.0232. The average molecular weight is 344 g/mol. The number of hydrogen-bond acceptors (Lipinski definition) is 6. The van der Waals surface area contributed by atoms with Gasteiger partial charge in [-0.05, 0) is 49.9 Å². The maximum Gasteiger partial charge on any atom is 0.310 e. The summed E-state index contributed by atoms with van der Waals surface area (Å²) in [7, 11) is 1.55. The van der Waals surface area contributed by atoms with Gasteiger partial charge in [-0.1, -0.05) is 0 Å². The highest BCUT2D eigenvalue weighted by molar-refractivity contribution is 6.00. The first-order chi connectivity index (χ1) is 12.0. The van der Waals surface area contributed by atoms with Gasteiger partial charge in [-0.3, -0.25) is 14.4 Å². The van der Waals surface area contributed by atoms with Crippen LogP contribution in [0.1, 0.15) is 30.1 Å². The average Bonchev–Trinajstić information content (AvgIpc) is 3.23. The maximum atomic E-state index is 12.6. The molecule has 3 fully saturated rings. The van der Waals surface area contributed by atoms with Crippen LogP contribution in [0.15, 0.2) is 24.3 Å². The molecule has 0 N–H and O–H groups in total. The molecule has 0 radical (unpaired) electrons. The van der Waals surface area contributed by atoms with E-state index in [2.05, 4.69) is 0 Å². The van der Waals surface area contributed by atoms with Crippen LogP contribution in [0.5, 0.6) is 5.75 Å². The van der Waals surface area contributed by atoms with E-state index in [0.29, 0.717) is 11.3 Å². The molecule has 1 aliphatic heterocycles. The monoisotopic (exact) mass is 344 g/mol. The highest BCUT2D eigenvalue weighted by Crippen LogP contribution is 2.58. The fraction of sp³-hybridized carbons (Fsp3) is 0.526. The van der Waals surface area contributed by atoms with E-state index in [4.69, 9.17) is 14.2 Å². The quantitative estimate of drug-likeness (QED) is 0.600. The molecule has 25 heavy (non-hydrogen) atoms. The van der Waals surface area contributed by atoms with Crippen molar-refractivity contribution in [1.29, 1.82) is 0 Å². The van der Waals surface area contributed by atoms with Crippen molar-refractivity contribution < 1.29 is 28.6 Å². The van der Waals surface area contributed by atoms with Gasteiger partial charge < -0.3 is 14.2 Å². The number of Topliss-reactive ketones (excluding diaryl/α,β-unsaturated/α-hetero) is 1. The van der Waals surface area contributed by atoms with Crippen molar-refractivity contribution in [3.8, 4) is 5.75 Å². The fourth-order valence-corrected chi connectivity index (χ4v) is 4.62. The topological polar surface area (TPSA) is 78.9 Å². The molecule has 6 atom stereocenters. The number of esters is 2. The van der Waals surface area contributed by atoms with Gasteiger partial charge in [0.15, 0.2) is 6.10 Å². The van der Waals surface area contributed by atoms with Crippen LogP contribution >= 0.6 is 0 Å². The van der Waals surface area contributed by atoms with Crippen LogP contribution in [0.2, 0.25) is 0 Å². The SMILES string of the molecule is COc1ccc(C(=O)[C@H](C)OC(=O)[C@@H]2[C@@H]3C[C@@H]4[C@H]2C(=O)O[C@@H]4C3)cc1. The Labute approximate surface area is 145 Å². The van der Waals surface area contributed by atoms with Gasteiger partial charge in [0.2, 0.25) is 5.78 Å². The zero-order chi connectivity index (χ0) is 17.7. The third-order valence-electron chi connectivity index (χ3n) is 5.79. The molecule has 0 aromatic heterocycles. The summed E-state index contributed by atoms with van der Waals surface area (Å²) in [5.74, 6) is -0.953. The molecule has 0 amide bonds. The maximum absolute atomic E-state index is 12.6. The first-order valence-corrected chi connectivity index (χ1v) is 8.59. The van der Waals surface area contributed by atoms with Crippen molar-refractivity contribution in [2.24, 2.45) is 23.7 Å². The molecule has 6 heteroatoms. The van der Waals surface area contributed by atoms with E-state index in [0.717, 1.165) is 12.8 Å². The zero-order valence-electron chi connectivity index (χ0n) is 14.1. The van der Waals surface area contributed by atoms with Crippen molar-refractivity contribution in [1.82, 2.24) is 0 Å². The standard InChI is InChI=1S/C19H20O6/c1-9(17(20)10-3-5-12(23-2)6-4-10)24-18(21)15-11-7-13-14(8-11)25-19(22)16(13)15/h3-6,9,11,13-16H,7-8H2,1-2H3/t9-,11+,13-,14+,15+,16+/m0/s1. The number of hydrogen-bond donors (Lipinski definition) is 0. The number of methoxy groups -OCH3 is 1. The van der Waals surface area contributed by atoms with Crippen LogP contribution in [-0.4, -0.2) is 37.0 Å². The Kier molecular flexibility index (Phi) is 3.78. The summed E-state index contributed by atoms with van der Waals surface area (Å²) in [4.78, 5) is 37.1. The van der Waals surface area contributed by atoms with Crippen LogP contribution in [0.25, 0.3) is 0 Å². The van der Waals surface area contributed by atoms with E-state index in [1.165, 1.54) is 0 Å². The Balaban J connectivity index is 1.43. The van der Waals surface area contributed by atoms with Crippen molar-refractivity contribution in [3.63, 3.8) is 0 Å². The predicted molar refractivity (Wildman–Crippen MR) is 86.0 cm³/mol. The molecule has 132 valence electrons. The summed E-state index contributed by atoms with van der Waals surface area (Å²) in [6, 6.07) is 6.66. The van der Waals surface area contributed by atoms with Gasteiger partial charge in [-0.25, -0.2) is 0 Å². The summed E-state index contributed by atoms with van der Waals surface area (Å²) in [5, 5.41) is 0. The fourth-order valence-electron chi connectivity index (χ4n) is 4.62. The Morgan fingerprint density at radius 2 is 1.92 bits per heavy atom.